The third-order valence-electron chi connectivity index (χ3n) is 4.96. The lowest BCUT2D eigenvalue weighted by atomic mass is 10.0. The van der Waals surface area contributed by atoms with Crippen LogP contribution in [0.25, 0.3) is 0 Å². The van der Waals surface area contributed by atoms with E-state index in [0.717, 1.165) is 29.9 Å². The van der Waals surface area contributed by atoms with E-state index in [4.69, 9.17) is 11.6 Å². The van der Waals surface area contributed by atoms with Crippen LogP contribution >= 0.6 is 23.4 Å². The number of thioether (sulfide) groups is 1. The predicted molar refractivity (Wildman–Crippen MR) is 108 cm³/mol. The van der Waals surface area contributed by atoms with Crippen molar-refractivity contribution in [3.8, 4) is 0 Å². The molecular weight excluding hydrogens is 407 g/mol. The maximum absolute atomic E-state index is 13.3. The van der Waals surface area contributed by atoms with Crippen LogP contribution in [-0.2, 0) is 0 Å². The molecular formula is C21H21ClF3NOS. The van der Waals surface area contributed by atoms with Crippen LogP contribution < -0.4 is 5.32 Å². The summed E-state index contributed by atoms with van der Waals surface area (Å²) in [6, 6.07) is 6.38. The molecule has 0 spiro atoms. The Morgan fingerprint density at radius 2 is 1.89 bits per heavy atom. The first kappa shape index (κ1) is 21.1. The van der Waals surface area contributed by atoms with Crippen LogP contribution in [0.2, 0.25) is 5.02 Å². The van der Waals surface area contributed by atoms with Crippen molar-refractivity contribution in [3.05, 3.63) is 58.4 Å². The Kier molecular flexibility index (Phi) is 6.94. The summed E-state index contributed by atoms with van der Waals surface area (Å²) in [5.74, 6) is -4.17. The zero-order chi connectivity index (χ0) is 20.3. The average Bonchev–Trinajstić information content (AvgIpc) is 3.08. The van der Waals surface area contributed by atoms with Gasteiger partial charge in [0.25, 0.3) is 5.91 Å². The molecule has 0 heterocycles. The molecule has 2 nitrogen and oxygen atoms in total. The molecule has 2 aromatic carbocycles. The average molecular weight is 428 g/mol. The number of anilines is 1. The zero-order valence-electron chi connectivity index (χ0n) is 15.4. The molecule has 150 valence electrons. The molecule has 0 aliphatic heterocycles. The van der Waals surface area contributed by atoms with Crippen LogP contribution in [-0.4, -0.2) is 11.2 Å². The van der Waals surface area contributed by atoms with E-state index < -0.39 is 23.4 Å². The minimum Gasteiger partial charge on any atom is -0.322 e. The number of rotatable bonds is 6. The highest BCUT2D eigenvalue weighted by molar-refractivity contribution is 8.00. The van der Waals surface area contributed by atoms with Crippen molar-refractivity contribution in [2.75, 3.05) is 5.32 Å². The van der Waals surface area contributed by atoms with Gasteiger partial charge >= 0.3 is 0 Å². The molecule has 1 N–H and O–H groups in total. The number of amides is 1. The van der Waals surface area contributed by atoms with E-state index in [1.54, 1.807) is 30.0 Å². The topological polar surface area (TPSA) is 29.1 Å². The van der Waals surface area contributed by atoms with E-state index in [-0.39, 0.29) is 5.69 Å². The van der Waals surface area contributed by atoms with E-state index in [9.17, 15) is 18.0 Å². The monoisotopic (exact) mass is 427 g/mol. The summed E-state index contributed by atoms with van der Waals surface area (Å²) in [4.78, 5) is 13.3. The van der Waals surface area contributed by atoms with Gasteiger partial charge in [-0.15, -0.1) is 11.8 Å². The van der Waals surface area contributed by atoms with Gasteiger partial charge in [-0.2, -0.15) is 0 Å². The molecule has 7 heteroatoms. The number of carbonyl (C=O) groups is 1. The largest absolute Gasteiger partial charge is 0.322 e. The third kappa shape index (κ3) is 4.84. The molecule has 1 amide bonds. The van der Waals surface area contributed by atoms with E-state index in [0.29, 0.717) is 21.8 Å². The molecule has 0 radical (unpaired) electrons. The Balaban J connectivity index is 1.76. The van der Waals surface area contributed by atoms with E-state index in [2.05, 4.69) is 12.2 Å². The number of halogens is 4. The van der Waals surface area contributed by atoms with Gasteiger partial charge in [0.2, 0.25) is 0 Å². The Hall–Kier alpha value is -1.66. The summed E-state index contributed by atoms with van der Waals surface area (Å²) in [5.41, 5.74) is 0.173. The van der Waals surface area contributed by atoms with Gasteiger partial charge in [-0.3, -0.25) is 4.79 Å². The van der Waals surface area contributed by atoms with Crippen molar-refractivity contribution in [3.63, 3.8) is 0 Å². The zero-order valence-corrected chi connectivity index (χ0v) is 17.0. The Morgan fingerprint density at radius 3 is 2.57 bits per heavy atom. The van der Waals surface area contributed by atoms with Gasteiger partial charge < -0.3 is 5.32 Å². The molecule has 1 aliphatic carbocycles. The maximum atomic E-state index is 13.3. The van der Waals surface area contributed by atoms with Gasteiger partial charge in [-0.05, 0) is 43.4 Å². The number of hydrogen-bond acceptors (Lipinski definition) is 2. The molecule has 2 unspecified atom stereocenters. The fraction of sp³-hybridized carbons (Fsp3) is 0.381. The van der Waals surface area contributed by atoms with Crippen LogP contribution in [0.1, 0.15) is 49.4 Å². The fourth-order valence-corrected chi connectivity index (χ4v) is 5.29. The molecule has 0 saturated heterocycles. The van der Waals surface area contributed by atoms with Crippen molar-refractivity contribution in [2.45, 2.75) is 49.2 Å². The van der Waals surface area contributed by atoms with Gasteiger partial charge in [0.15, 0.2) is 17.5 Å². The summed E-state index contributed by atoms with van der Waals surface area (Å²) in [6.45, 7) is 2.18. The van der Waals surface area contributed by atoms with Crippen molar-refractivity contribution in [1.82, 2.24) is 0 Å². The Bertz CT molecular complexity index is 854. The molecule has 1 fully saturated rings. The number of nitrogens with one attached hydrogen (secondary N) is 1. The first-order valence-corrected chi connectivity index (χ1v) is 10.6. The maximum Gasteiger partial charge on any atom is 0.255 e. The predicted octanol–water partition coefficient (Wildman–Crippen LogP) is 7.07. The normalized spacial score (nSPS) is 19.0. The van der Waals surface area contributed by atoms with Gasteiger partial charge in [0, 0.05) is 33.5 Å². The van der Waals surface area contributed by atoms with Crippen molar-refractivity contribution in [2.24, 2.45) is 5.92 Å². The molecule has 0 bridgehead atoms. The lowest BCUT2D eigenvalue weighted by Crippen LogP contribution is -2.13. The molecule has 28 heavy (non-hydrogen) atoms. The lowest BCUT2D eigenvalue weighted by molar-refractivity contribution is 0.102. The molecule has 2 atom stereocenters. The van der Waals surface area contributed by atoms with Crippen LogP contribution in [0.5, 0.6) is 0 Å². The highest BCUT2D eigenvalue weighted by Crippen LogP contribution is 2.43. The van der Waals surface area contributed by atoms with Gasteiger partial charge in [-0.25, -0.2) is 13.2 Å². The highest BCUT2D eigenvalue weighted by atomic mass is 35.5. The van der Waals surface area contributed by atoms with Gasteiger partial charge in [0.1, 0.15) is 0 Å². The first-order chi connectivity index (χ1) is 13.4. The number of hydrogen-bond donors (Lipinski definition) is 1. The third-order valence-corrected chi connectivity index (χ3v) is 6.92. The molecule has 1 saturated carbocycles. The van der Waals surface area contributed by atoms with E-state index >= 15 is 0 Å². The molecule has 1 aliphatic rings. The summed E-state index contributed by atoms with van der Waals surface area (Å²) in [7, 11) is 0. The van der Waals surface area contributed by atoms with E-state index in [1.165, 1.54) is 19.3 Å². The number of benzene rings is 2. The minimum atomic E-state index is -1.57. The first-order valence-electron chi connectivity index (χ1n) is 9.31. The van der Waals surface area contributed by atoms with Crippen LogP contribution in [0.4, 0.5) is 18.9 Å². The summed E-state index contributed by atoms with van der Waals surface area (Å²) in [5, 5.41) is 3.44. The summed E-state index contributed by atoms with van der Waals surface area (Å²) < 4.78 is 39.8. The molecule has 3 rings (SSSR count). The number of carbonyl (C=O) groups excluding carboxylic acids is 1. The molecule has 0 aromatic heterocycles. The second-order valence-corrected chi connectivity index (χ2v) is 8.68. The minimum absolute atomic E-state index is 0.149. The van der Waals surface area contributed by atoms with Crippen molar-refractivity contribution in [1.29, 1.82) is 0 Å². The standard InChI is InChI=1S/C21H21ClF3NOS/c1-2-4-12-5-3-6-18(12)28-19-9-13(7-8-15(19)22)21(27)26-14-10-16(23)20(25)17(24)11-14/h7-12,18H,2-6H2,1H3,(H,26,27). The SMILES string of the molecule is CCCC1CCCC1Sc1cc(C(=O)Nc2cc(F)c(F)c(F)c2)ccc1Cl. The second-order valence-electron chi connectivity index (χ2n) is 6.99. The lowest BCUT2D eigenvalue weighted by Gasteiger charge is -2.19. The highest BCUT2D eigenvalue weighted by Gasteiger charge is 2.28. The van der Waals surface area contributed by atoms with Gasteiger partial charge in [-0.1, -0.05) is 31.4 Å². The second kappa shape index (κ2) is 9.23. The van der Waals surface area contributed by atoms with Crippen LogP contribution in [0.15, 0.2) is 35.2 Å². The Labute approximate surface area is 171 Å². The Morgan fingerprint density at radius 1 is 1.18 bits per heavy atom. The van der Waals surface area contributed by atoms with E-state index in [1.807, 2.05) is 0 Å². The van der Waals surface area contributed by atoms with Crippen LogP contribution in [0, 0.1) is 23.4 Å². The molecule has 2 aromatic rings. The summed E-state index contributed by atoms with van der Waals surface area (Å²) in [6.07, 6.45) is 5.85. The fourth-order valence-electron chi connectivity index (χ4n) is 3.59. The van der Waals surface area contributed by atoms with Gasteiger partial charge in [0.05, 0.1) is 5.02 Å². The van der Waals surface area contributed by atoms with Crippen LogP contribution in [0.3, 0.4) is 0 Å². The summed E-state index contributed by atoms with van der Waals surface area (Å²) >= 11 is 8.02. The van der Waals surface area contributed by atoms with Crippen molar-refractivity contribution >= 4 is 35.0 Å². The van der Waals surface area contributed by atoms with Crippen molar-refractivity contribution < 1.29 is 18.0 Å². The smallest absolute Gasteiger partial charge is 0.255 e. The quantitative estimate of drug-likeness (QED) is 0.499.